The maximum Gasteiger partial charge on any atom is 0.266 e. The zero-order chi connectivity index (χ0) is 15.0. The predicted octanol–water partition coefficient (Wildman–Crippen LogP) is 3.87. The molecule has 2 N–H and O–H groups in total. The van der Waals surface area contributed by atoms with E-state index in [1.165, 1.54) is 22.7 Å². The first-order chi connectivity index (χ1) is 10.1. The minimum Gasteiger partial charge on any atom is -0.396 e. The Labute approximate surface area is 134 Å². The normalized spacial score (nSPS) is 11.0. The second-order valence-corrected chi connectivity index (χ2v) is 7.41. The fourth-order valence-electron chi connectivity index (χ4n) is 2.02. The summed E-state index contributed by atoms with van der Waals surface area (Å²) in [6, 6.07) is 7.51. The Balaban J connectivity index is 1.87. The fraction of sp³-hybridized carbons (Fsp3) is 0.143. The van der Waals surface area contributed by atoms with E-state index in [1.807, 2.05) is 24.3 Å². The molecule has 0 unspecified atom stereocenters. The van der Waals surface area contributed by atoms with Crippen LogP contribution in [0.5, 0.6) is 0 Å². The van der Waals surface area contributed by atoms with Gasteiger partial charge in [0.15, 0.2) is 0 Å². The molecule has 7 heteroatoms. The van der Waals surface area contributed by atoms with Crippen molar-refractivity contribution in [1.82, 2.24) is 9.88 Å². The number of carbonyl (C=O) groups excluding carboxylic acids is 1. The van der Waals surface area contributed by atoms with Crippen LogP contribution in [0.1, 0.15) is 14.5 Å². The van der Waals surface area contributed by atoms with Crippen molar-refractivity contribution >= 4 is 56.1 Å². The Morgan fingerprint density at radius 3 is 2.86 bits per heavy atom. The van der Waals surface area contributed by atoms with Gasteiger partial charge >= 0.3 is 0 Å². The van der Waals surface area contributed by atoms with E-state index in [0.717, 1.165) is 13.9 Å². The average Bonchev–Trinajstić information content (AvgIpc) is 3.03. The molecule has 21 heavy (non-hydrogen) atoms. The topological polar surface area (TPSA) is 59.2 Å². The second-order valence-electron chi connectivity index (χ2n) is 4.56. The number of nitrogens with zero attached hydrogens (tertiary/aromatic N) is 2. The van der Waals surface area contributed by atoms with Gasteiger partial charge in [0.2, 0.25) is 0 Å². The molecule has 1 amide bonds. The molecule has 0 aliphatic carbocycles. The van der Waals surface area contributed by atoms with Gasteiger partial charge < -0.3 is 10.6 Å². The maximum absolute atomic E-state index is 12.5. The Bertz CT molecular complexity index is 812. The van der Waals surface area contributed by atoms with Gasteiger partial charge in [0.1, 0.15) is 10.4 Å². The number of fused-ring (bicyclic) bond motifs is 1. The highest BCUT2D eigenvalue weighted by atomic mass is 35.5. The number of pyridine rings is 1. The lowest BCUT2D eigenvalue weighted by Gasteiger charge is -2.15. The predicted molar refractivity (Wildman–Crippen MR) is 89.2 cm³/mol. The van der Waals surface area contributed by atoms with Gasteiger partial charge in [0.25, 0.3) is 5.91 Å². The number of aromatic nitrogens is 1. The molecule has 0 fully saturated rings. The molecule has 0 saturated heterocycles. The number of rotatable bonds is 3. The van der Waals surface area contributed by atoms with E-state index in [2.05, 4.69) is 4.98 Å². The van der Waals surface area contributed by atoms with Crippen molar-refractivity contribution in [2.45, 2.75) is 6.54 Å². The molecule has 0 saturated carbocycles. The van der Waals surface area contributed by atoms with E-state index < -0.39 is 0 Å². The molecular weight excluding hydrogens is 326 g/mol. The average molecular weight is 338 g/mol. The van der Waals surface area contributed by atoms with E-state index >= 15 is 0 Å². The SMILES string of the molecule is CN(Cc1ccc(Cl)s1)C(=O)c1sc2cccnc2c1N. The third kappa shape index (κ3) is 2.74. The van der Waals surface area contributed by atoms with Crippen LogP contribution in [0, 0.1) is 0 Å². The number of nitrogens with two attached hydrogens (primary N) is 1. The molecule has 0 bridgehead atoms. The van der Waals surface area contributed by atoms with Gasteiger partial charge in [-0.2, -0.15) is 0 Å². The lowest BCUT2D eigenvalue weighted by Crippen LogP contribution is -2.25. The summed E-state index contributed by atoms with van der Waals surface area (Å²) in [5.74, 6) is -0.0972. The van der Waals surface area contributed by atoms with Crippen molar-refractivity contribution in [2.24, 2.45) is 0 Å². The van der Waals surface area contributed by atoms with Crippen LogP contribution < -0.4 is 5.73 Å². The van der Waals surface area contributed by atoms with E-state index in [4.69, 9.17) is 17.3 Å². The number of hydrogen-bond donors (Lipinski definition) is 1. The molecule has 0 spiro atoms. The van der Waals surface area contributed by atoms with Crippen LogP contribution >= 0.6 is 34.3 Å². The van der Waals surface area contributed by atoms with Gasteiger partial charge in [-0.15, -0.1) is 22.7 Å². The first-order valence-corrected chi connectivity index (χ1v) is 8.20. The van der Waals surface area contributed by atoms with Crippen molar-refractivity contribution in [3.8, 4) is 0 Å². The van der Waals surface area contributed by atoms with E-state index in [0.29, 0.717) is 22.6 Å². The third-order valence-corrected chi connectivity index (χ3v) is 5.41. The first kappa shape index (κ1) is 14.3. The zero-order valence-electron chi connectivity index (χ0n) is 11.2. The standard InChI is InChI=1S/C14H12ClN3OS2/c1-18(7-8-4-5-10(15)20-8)14(19)13-11(16)12-9(21-13)3-2-6-17-12/h2-6H,7,16H2,1H3. The van der Waals surface area contributed by atoms with Crippen LogP contribution in [0.4, 0.5) is 5.69 Å². The second kappa shape index (κ2) is 5.63. The largest absolute Gasteiger partial charge is 0.396 e. The van der Waals surface area contributed by atoms with Crippen LogP contribution in [0.2, 0.25) is 4.34 Å². The lowest BCUT2D eigenvalue weighted by atomic mass is 10.3. The highest BCUT2D eigenvalue weighted by molar-refractivity contribution is 7.21. The van der Waals surface area contributed by atoms with E-state index in [1.54, 1.807) is 18.1 Å². The zero-order valence-corrected chi connectivity index (χ0v) is 13.6. The summed E-state index contributed by atoms with van der Waals surface area (Å²) in [5.41, 5.74) is 7.21. The Morgan fingerprint density at radius 1 is 1.38 bits per heavy atom. The van der Waals surface area contributed by atoms with Crippen molar-refractivity contribution in [3.05, 3.63) is 44.6 Å². The smallest absolute Gasteiger partial charge is 0.266 e. The quantitative estimate of drug-likeness (QED) is 0.789. The Morgan fingerprint density at radius 2 is 2.19 bits per heavy atom. The number of anilines is 1. The minimum absolute atomic E-state index is 0.0972. The van der Waals surface area contributed by atoms with Gasteiger partial charge in [0, 0.05) is 18.1 Å². The molecule has 108 valence electrons. The minimum atomic E-state index is -0.0972. The van der Waals surface area contributed by atoms with Gasteiger partial charge in [-0.3, -0.25) is 9.78 Å². The summed E-state index contributed by atoms with van der Waals surface area (Å²) in [7, 11) is 1.76. The lowest BCUT2D eigenvalue weighted by molar-refractivity contribution is 0.0792. The molecule has 0 aliphatic rings. The van der Waals surface area contributed by atoms with Crippen LogP contribution in [0.3, 0.4) is 0 Å². The fourth-order valence-corrected chi connectivity index (χ4v) is 4.24. The van der Waals surface area contributed by atoms with Crippen LogP contribution in [0.15, 0.2) is 30.5 Å². The summed E-state index contributed by atoms with van der Waals surface area (Å²) < 4.78 is 1.64. The van der Waals surface area contributed by atoms with E-state index in [9.17, 15) is 4.79 Å². The molecular formula is C14H12ClN3OS2. The number of halogens is 1. The number of thiophene rings is 2. The first-order valence-electron chi connectivity index (χ1n) is 6.19. The molecule has 0 aliphatic heterocycles. The van der Waals surface area contributed by atoms with Gasteiger partial charge in [-0.25, -0.2) is 0 Å². The number of carbonyl (C=O) groups is 1. The van der Waals surface area contributed by atoms with E-state index in [-0.39, 0.29) is 5.91 Å². The highest BCUT2D eigenvalue weighted by Crippen LogP contribution is 2.33. The molecule has 0 atom stereocenters. The molecule has 4 nitrogen and oxygen atoms in total. The van der Waals surface area contributed by atoms with Crippen molar-refractivity contribution in [2.75, 3.05) is 12.8 Å². The van der Waals surface area contributed by atoms with Crippen molar-refractivity contribution < 1.29 is 4.79 Å². The Hall–Kier alpha value is -1.63. The van der Waals surface area contributed by atoms with Gasteiger partial charge in [0.05, 0.1) is 21.3 Å². The van der Waals surface area contributed by atoms with Crippen LogP contribution in [-0.2, 0) is 6.54 Å². The Kier molecular flexibility index (Phi) is 3.84. The molecule has 3 aromatic rings. The molecule has 3 aromatic heterocycles. The van der Waals surface area contributed by atoms with Gasteiger partial charge in [-0.05, 0) is 24.3 Å². The highest BCUT2D eigenvalue weighted by Gasteiger charge is 2.20. The molecule has 3 heterocycles. The number of amides is 1. The maximum atomic E-state index is 12.5. The number of hydrogen-bond acceptors (Lipinski definition) is 5. The number of nitrogen functional groups attached to an aromatic ring is 1. The van der Waals surface area contributed by atoms with Crippen molar-refractivity contribution in [1.29, 1.82) is 0 Å². The molecule has 0 radical (unpaired) electrons. The summed E-state index contributed by atoms with van der Waals surface area (Å²) in [6.45, 7) is 0.511. The summed E-state index contributed by atoms with van der Waals surface area (Å²) in [4.78, 5) is 20.0. The monoisotopic (exact) mass is 337 g/mol. The third-order valence-electron chi connectivity index (χ3n) is 3.05. The molecule has 0 aromatic carbocycles. The van der Waals surface area contributed by atoms with Crippen LogP contribution in [0.25, 0.3) is 10.2 Å². The summed E-state index contributed by atoms with van der Waals surface area (Å²) in [6.07, 6.45) is 1.68. The van der Waals surface area contributed by atoms with Crippen molar-refractivity contribution in [3.63, 3.8) is 0 Å². The molecule has 3 rings (SSSR count). The summed E-state index contributed by atoms with van der Waals surface area (Å²) >= 11 is 8.75. The van der Waals surface area contributed by atoms with Crippen LogP contribution in [-0.4, -0.2) is 22.8 Å². The van der Waals surface area contributed by atoms with Gasteiger partial charge in [-0.1, -0.05) is 11.6 Å². The summed E-state index contributed by atoms with van der Waals surface area (Å²) in [5, 5.41) is 0.